The Kier molecular flexibility index (Phi) is 3.99. The van der Waals surface area contributed by atoms with Gasteiger partial charge in [0.05, 0.1) is 12.8 Å². The molecule has 3 aromatic rings. The van der Waals surface area contributed by atoms with Crippen LogP contribution in [0.2, 0.25) is 0 Å². The molecule has 1 aromatic carbocycles. The second-order valence-electron chi connectivity index (χ2n) is 4.60. The van der Waals surface area contributed by atoms with Crippen molar-refractivity contribution in [1.29, 1.82) is 0 Å². The van der Waals surface area contributed by atoms with E-state index in [2.05, 4.69) is 33.0 Å². The number of nitrogens with zero attached hydrogens (tertiary/aromatic N) is 2. The van der Waals surface area contributed by atoms with Crippen LogP contribution in [0.3, 0.4) is 0 Å². The van der Waals surface area contributed by atoms with Crippen LogP contribution in [-0.4, -0.2) is 23.0 Å². The molecule has 0 amide bonds. The zero-order chi connectivity index (χ0) is 13.8. The van der Waals surface area contributed by atoms with Gasteiger partial charge in [-0.2, -0.15) is 0 Å². The minimum atomic E-state index is 0.804. The SMILES string of the molecule is COc1cccc(CCNCc2cn3ccsc3n2)c1. The van der Waals surface area contributed by atoms with Gasteiger partial charge in [-0.3, -0.25) is 4.40 Å². The molecule has 0 saturated heterocycles. The fraction of sp³-hybridized carbons (Fsp3) is 0.267. The van der Waals surface area contributed by atoms with Gasteiger partial charge in [-0.05, 0) is 30.7 Å². The van der Waals surface area contributed by atoms with Gasteiger partial charge in [0.25, 0.3) is 0 Å². The molecule has 4 nitrogen and oxygen atoms in total. The van der Waals surface area contributed by atoms with Crippen molar-refractivity contribution in [3.63, 3.8) is 0 Å². The van der Waals surface area contributed by atoms with Crippen LogP contribution in [0.5, 0.6) is 5.75 Å². The maximum Gasteiger partial charge on any atom is 0.193 e. The summed E-state index contributed by atoms with van der Waals surface area (Å²) in [5, 5.41) is 5.47. The summed E-state index contributed by atoms with van der Waals surface area (Å²) in [5.41, 5.74) is 2.37. The highest BCUT2D eigenvalue weighted by molar-refractivity contribution is 7.15. The average molecular weight is 287 g/mol. The highest BCUT2D eigenvalue weighted by Gasteiger charge is 2.02. The highest BCUT2D eigenvalue weighted by Crippen LogP contribution is 2.13. The van der Waals surface area contributed by atoms with Crippen LogP contribution < -0.4 is 10.1 Å². The molecule has 0 aliphatic rings. The van der Waals surface area contributed by atoms with Crippen LogP contribution in [0.25, 0.3) is 4.96 Å². The van der Waals surface area contributed by atoms with Crippen LogP contribution in [-0.2, 0) is 13.0 Å². The van der Waals surface area contributed by atoms with Crippen molar-refractivity contribution >= 4 is 16.3 Å². The van der Waals surface area contributed by atoms with Gasteiger partial charge in [-0.1, -0.05) is 12.1 Å². The van der Waals surface area contributed by atoms with Crippen molar-refractivity contribution in [3.8, 4) is 5.75 Å². The summed E-state index contributed by atoms with van der Waals surface area (Å²) < 4.78 is 7.28. The molecule has 5 heteroatoms. The number of hydrogen-bond acceptors (Lipinski definition) is 4. The van der Waals surface area contributed by atoms with E-state index in [0.717, 1.165) is 35.9 Å². The fourth-order valence-electron chi connectivity index (χ4n) is 2.14. The molecule has 104 valence electrons. The van der Waals surface area contributed by atoms with E-state index in [9.17, 15) is 0 Å². The van der Waals surface area contributed by atoms with Gasteiger partial charge < -0.3 is 10.1 Å². The molecule has 0 saturated carbocycles. The zero-order valence-electron chi connectivity index (χ0n) is 11.4. The first-order valence-corrected chi connectivity index (χ1v) is 7.48. The average Bonchev–Trinajstić information content (AvgIpc) is 3.05. The zero-order valence-corrected chi connectivity index (χ0v) is 12.2. The lowest BCUT2D eigenvalue weighted by Crippen LogP contribution is -2.16. The van der Waals surface area contributed by atoms with E-state index < -0.39 is 0 Å². The highest BCUT2D eigenvalue weighted by atomic mass is 32.1. The number of rotatable bonds is 6. The smallest absolute Gasteiger partial charge is 0.193 e. The fourth-order valence-corrected chi connectivity index (χ4v) is 2.86. The van der Waals surface area contributed by atoms with E-state index in [4.69, 9.17) is 4.74 Å². The van der Waals surface area contributed by atoms with Crippen molar-refractivity contribution in [2.45, 2.75) is 13.0 Å². The predicted octanol–water partition coefficient (Wildman–Crippen LogP) is 2.74. The minimum Gasteiger partial charge on any atom is -0.497 e. The van der Waals surface area contributed by atoms with Crippen LogP contribution in [0.1, 0.15) is 11.3 Å². The van der Waals surface area contributed by atoms with Crippen LogP contribution >= 0.6 is 11.3 Å². The Hall–Kier alpha value is -1.85. The molecule has 1 N–H and O–H groups in total. The Morgan fingerprint density at radius 1 is 1.40 bits per heavy atom. The van der Waals surface area contributed by atoms with Gasteiger partial charge in [-0.15, -0.1) is 11.3 Å². The summed E-state index contributed by atoms with van der Waals surface area (Å²) in [6, 6.07) is 8.19. The van der Waals surface area contributed by atoms with Crippen LogP contribution in [0, 0.1) is 0 Å². The van der Waals surface area contributed by atoms with Gasteiger partial charge >= 0.3 is 0 Å². The Bertz CT molecular complexity index is 661. The summed E-state index contributed by atoms with van der Waals surface area (Å²) in [4.78, 5) is 5.59. The first kappa shape index (κ1) is 13.1. The number of imidazole rings is 1. The maximum absolute atomic E-state index is 5.22. The van der Waals surface area contributed by atoms with Crippen LogP contribution in [0.15, 0.2) is 42.0 Å². The van der Waals surface area contributed by atoms with Crippen molar-refractivity contribution in [2.24, 2.45) is 0 Å². The predicted molar refractivity (Wildman–Crippen MR) is 81.5 cm³/mol. The molecule has 3 rings (SSSR count). The third-order valence-corrected chi connectivity index (χ3v) is 3.94. The lowest BCUT2D eigenvalue weighted by Gasteiger charge is -2.05. The lowest BCUT2D eigenvalue weighted by molar-refractivity contribution is 0.414. The van der Waals surface area contributed by atoms with Crippen molar-refractivity contribution in [1.82, 2.24) is 14.7 Å². The molecule has 2 aromatic heterocycles. The molecule has 0 fully saturated rings. The molecular weight excluding hydrogens is 270 g/mol. The Labute approximate surface area is 122 Å². The molecule has 0 radical (unpaired) electrons. The summed E-state index contributed by atoms with van der Waals surface area (Å²) in [7, 11) is 1.70. The van der Waals surface area contributed by atoms with Crippen LogP contribution in [0.4, 0.5) is 0 Å². The van der Waals surface area contributed by atoms with E-state index in [0.29, 0.717) is 0 Å². The topological polar surface area (TPSA) is 38.6 Å². The Morgan fingerprint density at radius 2 is 2.35 bits per heavy atom. The van der Waals surface area contributed by atoms with Gasteiger partial charge in [0.15, 0.2) is 4.96 Å². The second-order valence-corrected chi connectivity index (χ2v) is 5.48. The summed E-state index contributed by atoms with van der Waals surface area (Å²) in [6.45, 7) is 1.73. The number of ether oxygens (including phenoxy) is 1. The van der Waals surface area contributed by atoms with E-state index in [1.807, 2.05) is 23.7 Å². The quantitative estimate of drug-likeness (QED) is 0.709. The molecule has 0 spiro atoms. The van der Waals surface area contributed by atoms with Gasteiger partial charge in [0.1, 0.15) is 5.75 Å². The van der Waals surface area contributed by atoms with Crippen molar-refractivity contribution in [3.05, 3.63) is 53.3 Å². The molecule has 0 atom stereocenters. The number of fused-ring (bicyclic) bond motifs is 1. The van der Waals surface area contributed by atoms with Crippen molar-refractivity contribution in [2.75, 3.05) is 13.7 Å². The number of hydrogen-bond donors (Lipinski definition) is 1. The van der Waals surface area contributed by atoms with Gasteiger partial charge in [-0.25, -0.2) is 4.98 Å². The molecular formula is C15H17N3OS. The molecule has 0 unspecified atom stereocenters. The van der Waals surface area contributed by atoms with E-state index in [-0.39, 0.29) is 0 Å². The first-order chi connectivity index (χ1) is 9.85. The van der Waals surface area contributed by atoms with Gasteiger partial charge in [0.2, 0.25) is 0 Å². The van der Waals surface area contributed by atoms with E-state index >= 15 is 0 Å². The summed E-state index contributed by atoms with van der Waals surface area (Å²) in [6.07, 6.45) is 5.09. The number of benzene rings is 1. The number of methoxy groups -OCH3 is 1. The normalized spacial score (nSPS) is 11.1. The molecule has 0 aliphatic carbocycles. The molecule has 0 aliphatic heterocycles. The summed E-state index contributed by atoms with van der Waals surface area (Å²) >= 11 is 1.66. The summed E-state index contributed by atoms with van der Waals surface area (Å²) in [5.74, 6) is 0.914. The third-order valence-electron chi connectivity index (χ3n) is 3.17. The largest absolute Gasteiger partial charge is 0.497 e. The molecule has 0 bridgehead atoms. The standard InChI is InChI=1S/C15H17N3OS/c1-19-14-4-2-3-12(9-14)5-6-16-10-13-11-18-7-8-20-15(18)17-13/h2-4,7-9,11,16H,5-6,10H2,1H3. The number of aromatic nitrogens is 2. The minimum absolute atomic E-state index is 0.804. The third kappa shape index (κ3) is 3.00. The molecule has 20 heavy (non-hydrogen) atoms. The Balaban J connectivity index is 1.49. The van der Waals surface area contributed by atoms with E-state index in [1.165, 1.54) is 5.56 Å². The first-order valence-electron chi connectivity index (χ1n) is 6.60. The maximum atomic E-state index is 5.22. The van der Waals surface area contributed by atoms with Gasteiger partial charge in [0, 0.05) is 24.3 Å². The number of thiazole rings is 1. The van der Waals surface area contributed by atoms with Crippen molar-refractivity contribution < 1.29 is 4.74 Å². The lowest BCUT2D eigenvalue weighted by atomic mass is 10.1. The second kappa shape index (κ2) is 6.07. The Morgan fingerprint density at radius 3 is 3.20 bits per heavy atom. The molecule has 2 heterocycles. The van der Waals surface area contributed by atoms with E-state index in [1.54, 1.807) is 18.4 Å². The number of nitrogens with one attached hydrogen (secondary N) is 1. The monoisotopic (exact) mass is 287 g/mol.